The van der Waals surface area contributed by atoms with Gasteiger partial charge in [-0.15, -0.1) is 0 Å². The highest BCUT2D eigenvalue weighted by Gasteiger charge is 2.39. The number of carbonyl (C=O) groups is 1. The molecule has 1 saturated heterocycles. The lowest BCUT2D eigenvalue weighted by Crippen LogP contribution is -2.30. The molecule has 3 N–H and O–H groups in total. The summed E-state index contributed by atoms with van der Waals surface area (Å²) in [5, 5.41) is 9.62. The maximum atomic E-state index is 15.3. The van der Waals surface area contributed by atoms with Crippen molar-refractivity contribution < 1.29 is 14.3 Å². The Kier molecular flexibility index (Phi) is 4.63. The van der Waals surface area contributed by atoms with Crippen LogP contribution in [0.15, 0.2) is 29.2 Å². The number of carboxylic acid groups (broad SMARTS) is 1. The number of aromatic nitrogens is 1. The monoisotopic (exact) mass is 431 g/mol. The lowest BCUT2D eigenvalue weighted by atomic mass is 9.78. The third kappa shape index (κ3) is 2.94. The number of aromatic carboxylic acids is 1. The Hall–Kier alpha value is -2.38. The number of nitrogens with zero attached hydrogens (tertiary/aromatic N) is 2. The van der Waals surface area contributed by atoms with Crippen molar-refractivity contribution in [3.63, 3.8) is 0 Å². The first-order chi connectivity index (χ1) is 14.4. The molecule has 2 aromatic rings. The maximum absolute atomic E-state index is 15.3. The van der Waals surface area contributed by atoms with E-state index in [4.69, 9.17) is 17.3 Å². The van der Waals surface area contributed by atoms with E-state index < -0.39 is 17.2 Å². The average molecular weight is 432 g/mol. The zero-order valence-corrected chi connectivity index (χ0v) is 17.1. The number of allylic oxidation sites excluding steroid dienone is 1. The molecule has 30 heavy (non-hydrogen) atoms. The fourth-order valence-electron chi connectivity index (χ4n) is 5.13. The van der Waals surface area contributed by atoms with Gasteiger partial charge in [-0.1, -0.05) is 23.8 Å². The van der Waals surface area contributed by atoms with E-state index in [-0.39, 0.29) is 22.0 Å². The van der Waals surface area contributed by atoms with Crippen LogP contribution < -0.4 is 16.1 Å². The van der Waals surface area contributed by atoms with Crippen molar-refractivity contribution in [1.82, 2.24) is 4.57 Å². The summed E-state index contributed by atoms with van der Waals surface area (Å²) in [7, 11) is 0. The highest BCUT2D eigenvalue weighted by atomic mass is 35.5. The smallest absolute Gasteiger partial charge is 0.341 e. The van der Waals surface area contributed by atoms with Gasteiger partial charge < -0.3 is 20.3 Å². The summed E-state index contributed by atoms with van der Waals surface area (Å²) in [6.07, 6.45) is 8.36. The molecule has 1 saturated carbocycles. The molecule has 1 aliphatic heterocycles. The molecule has 1 aromatic heterocycles. The quantitative estimate of drug-likeness (QED) is 0.724. The minimum absolute atomic E-state index is 0.0180. The van der Waals surface area contributed by atoms with Crippen molar-refractivity contribution in [2.24, 2.45) is 23.5 Å². The molecule has 3 aliphatic rings. The predicted octanol–water partition coefficient (Wildman–Crippen LogP) is 3.41. The normalized spacial score (nSPS) is 25.7. The van der Waals surface area contributed by atoms with Crippen LogP contribution in [0.25, 0.3) is 10.9 Å². The molecule has 0 spiro atoms. The fourth-order valence-corrected chi connectivity index (χ4v) is 5.54. The standard InChI is InChI=1S/C22H23ClFN3O3/c23-18-19-14(21(28)16(22(29)30)10-27(19)13-4-5-13)6-17(24)20(18)26-8-12-3-1-2-11(7-25)15(12)9-26/h1,3,6,10-13,15H,2,4-5,7-9,25H2,(H,29,30). The number of pyridine rings is 1. The zero-order chi connectivity index (χ0) is 21.2. The van der Waals surface area contributed by atoms with Gasteiger partial charge in [0.2, 0.25) is 5.43 Å². The van der Waals surface area contributed by atoms with Gasteiger partial charge in [-0.2, -0.15) is 0 Å². The van der Waals surface area contributed by atoms with E-state index >= 15 is 4.39 Å². The van der Waals surface area contributed by atoms with Gasteiger partial charge in [0.15, 0.2) is 0 Å². The third-order valence-corrected chi connectivity index (χ3v) is 7.17. The summed E-state index contributed by atoms with van der Waals surface area (Å²) in [6.45, 7) is 1.88. The van der Waals surface area contributed by atoms with Crippen LogP contribution in [0.3, 0.4) is 0 Å². The number of carboxylic acids is 1. The Morgan fingerprint density at radius 2 is 2.10 bits per heavy atom. The summed E-state index contributed by atoms with van der Waals surface area (Å²) in [5.74, 6) is -0.929. The van der Waals surface area contributed by atoms with E-state index in [1.165, 1.54) is 6.20 Å². The van der Waals surface area contributed by atoms with E-state index in [0.29, 0.717) is 48.6 Å². The number of rotatable bonds is 4. The first-order valence-electron chi connectivity index (χ1n) is 10.3. The highest BCUT2D eigenvalue weighted by molar-refractivity contribution is 6.38. The molecule has 2 fully saturated rings. The van der Waals surface area contributed by atoms with Gasteiger partial charge in [-0.05, 0) is 49.6 Å². The van der Waals surface area contributed by atoms with Crippen molar-refractivity contribution in [3.8, 4) is 0 Å². The van der Waals surface area contributed by atoms with Crippen LogP contribution in [-0.4, -0.2) is 35.3 Å². The molecular formula is C22H23ClFN3O3. The van der Waals surface area contributed by atoms with Gasteiger partial charge in [0.25, 0.3) is 0 Å². The second-order valence-corrected chi connectivity index (χ2v) is 9.00. The van der Waals surface area contributed by atoms with Crippen molar-refractivity contribution >= 4 is 34.2 Å². The Morgan fingerprint density at radius 1 is 1.33 bits per heavy atom. The second-order valence-electron chi connectivity index (χ2n) is 8.62. The highest BCUT2D eigenvalue weighted by Crippen LogP contribution is 2.45. The molecule has 1 aromatic carbocycles. The van der Waals surface area contributed by atoms with E-state index in [1.54, 1.807) is 4.57 Å². The Balaban J connectivity index is 1.67. The van der Waals surface area contributed by atoms with Crippen LogP contribution in [-0.2, 0) is 0 Å². The van der Waals surface area contributed by atoms with Gasteiger partial charge in [0, 0.05) is 25.3 Å². The maximum Gasteiger partial charge on any atom is 0.341 e. The van der Waals surface area contributed by atoms with Gasteiger partial charge in [0.05, 0.1) is 21.6 Å². The number of nitrogens with two attached hydrogens (primary N) is 1. The molecular weight excluding hydrogens is 409 g/mol. The van der Waals surface area contributed by atoms with E-state index in [9.17, 15) is 14.7 Å². The topological polar surface area (TPSA) is 88.6 Å². The molecule has 0 amide bonds. The molecule has 0 radical (unpaired) electrons. The largest absolute Gasteiger partial charge is 0.477 e. The molecule has 5 rings (SSSR count). The van der Waals surface area contributed by atoms with Crippen LogP contribution in [0.2, 0.25) is 5.02 Å². The first kappa shape index (κ1) is 19.6. The summed E-state index contributed by atoms with van der Waals surface area (Å²) < 4.78 is 17.0. The SMILES string of the molecule is NCC1CC=CC2CN(c3c(F)cc4c(=O)c(C(=O)O)cn(C5CC5)c4c3Cl)CC21. The summed E-state index contributed by atoms with van der Waals surface area (Å²) >= 11 is 6.74. The number of anilines is 1. The minimum atomic E-state index is -1.32. The van der Waals surface area contributed by atoms with Crippen LogP contribution in [0, 0.1) is 23.6 Å². The molecule has 0 bridgehead atoms. The Bertz CT molecular complexity index is 1140. The van der Waals surface area contributed by atoms with Crippen LogP contribution in [0.4, 0.5) is 10.1 Å². The third-order valence-electron chi connectivity index (χ3n) is 6.81. The zero-order valence-electron chi connectivity index (χ0n) is 16.4. The van der Waals surface area contributed by atoms with Gasteiger partial charge >= 0.3 is 5.97 Å². The Labute approximate surface area is 177 Å². The van der Waals surface area contributed by atoms with Gasteiger partial charge in [-0.3, -0.25) is 4.79 Å². The number of hydrogen-bond donors (Lipinski definition) is 2. The predicted molar refractivity (Wildman–Crippen MR) is 114 cm³/mol. The fraction of sp³-hybridized carbons (Fsp3) is 0.455. The molecule has 6 nitrogen and oxygen atoms in total. The number of fused-ring (bicyclic) bond motifs is 2. The van der Waals surface area contributed by atoms with Crippen molar-refractivity contribution in [3.05, 3.63) is 51.0 Å². The van der Waals surface area contributed by atoms with Crippen molar-refractivity contribution in [2.45, 2.75) is 25.3 Å². The van der Waals surface area contributed by atoms with Crippen molar-refractivity contribution in [1.29, 1.82) is 0 Å². The summed E-state index contributed by atoms with van der Waals surface area (Å²) in [4.78, 5) is 26.2. The van der Waals surface area contributed by atoms with E-state index in [1.807, 2.05) is 4.90 Å². The lowest BCUT2D eigenvalue weighted by molar-refractivity contribution is 0.0695. The van der Waals surface area contributed by atoms with Gasteiger partial charge in [0.1, 0.15) is 11.4 Å². The molecule has 3 atom stereocenters. The van der Waals surface area contributed by atoms with Crippen LogP contribution in [0.1, 0.15) is 35.7 Å². The van der Waals surface area contributed by atoms with Crippen LogP contribution >= 0.6 is 11.6 Å². The summed E-state index contributed by atoms with van der Waals surface area (Å²) in [6, 6.07) is 1.23. The first-order valence-corrected chi connectivity index (χ1v) is 10.7. The van der Waals surface area contributed by atoms with E-state index in [2.05, 4.69) is 12.2 Å². The number of hydrogen-bond acceptors (Lipinski definition) is 4. The average Bonchev–Trinajstić information content (AvgIpc) is 3.46. The minimum Gasteiger partial charge on any atom is -0.477 e. The molecule has 8 heteroatoms. The lowest BCUT2D eigenvalue weighted by Gasteiger charge is -2.28. The summed E-state index contributed by atoms with van der Waals surface area (Å²) in [5.41, 5.74) is 5.60. The van der Waals surface area contributed by atoms with Gasteiger partial charge in [-0.25, -0.2) is 9.18 Å². The molecule has 2 heterocycles. The number of halogens is 2. The second kappa shape index (κ2) is 7.10. The number of benzene rings is 1. The molecule has 2 aliphatic carbocycles. The Morgan fingerprint density at radius 3 is 2.77 bits per heavy atom. The molecule has 158 valence electrons. The van der Waals surface area contributed by atoms with Crippen LogP contribution in [0.5, 0.6) is 0 Å². The van der Waals surface area contributed by atoms with Crippen molar-refractivity contribution in [2.75, 3.05) is 24.5 Å². The molecule has 3 unspecified atom stereocenters. The van der Waals surface area contributed by atoms with E-state index in [0.717, 1.165) is 25.3 Å².